The number of carbonyl (C=O) groups excluding carboxylic acids is 7. The molecule has 1 aliphatic carbocycles. The third kappa shape index (κ3) is 21.8. The highest BCUT2D eigenvalue weighted by Gasteiger charge is 2.53. The van der Waals surface area contributed by atoms with Crippen LogP contribution in [0, 0.1) is 35.5 Å². The van der Waals surface area contributed by atoms with Crippen molar-refractivity contribution in [1.82, 2.24) is 24.5 Å². The summed E-state index contributed by atoms with van der Waals surface area (Å²) in [7, 11) is 10.4. The van der Waals surface area contributed by atoms with Gasteiger partial charge < -0.3 is 57.7 Å². The van der Waals surface area contributed by atoms with Crippen molar-refractivity contribution in [2.45, 2.75) is 193 Å². The first-order chi connectivity index (χ1) is 50.3. The Morgan fingerprint density at radius 2 is 1.28 bits per heavy atom. The van der Waals surface area contributed by atoms with Crippen LogP contribution in [-0.4, -0.2) is 221 Å². The minimum Gasteiger partial charge on any atom is -0.497 e. The normalized spacial score (nSPS) is 31.8. The smallest absolute Gasteiger partial charge is 0.338 e. The molecule has 15 atom stereocenters. The van der Waals surface area contributed by atoms with Crippen LogP contribution >= 0.6 is 0 Å². The molecule has 4 saturated heterocycles. The number of rotatable bonds is 16. The summed E-state index contributed by atoms with van der Waals surface area (Å²) in [5.41, 5.74) is 5.01. The van der Waals surface area contributed by atoms with Gasteiger partial charge in [-0.25, -0.2) is 14.4 Å². The molecule has 5 fully saturated rings. The van der Waals surface area contributed by atoms with E-state index in [-0.39, 0.29) is 54.3 Å². The van der Waals surface area contributed by atoms with Crippen LogP contribution in [0.25, 0.3) is 0 Å². The zero-order valence-corrected chi connectivity index (χ0v) is 64.5. The number of Topliss-reactive ketones (excluding diaryl/α,β-unsaturated/α-hetero) is 3. The fourth-order valence-corrected chi connectivity index (χ4v) is 16.0. The number of hydrogen-bond acceptors (Lipinski definition) is 20. The monoisotopic (exact) mass is 1450 g/mol. The molecule has 3 aromatic rings. The molecular weight excluding hydrogens is 1330 g/mol. The molecule has 574 valence electrons. The Morgan fingerprint density at radius 1 is 0.648 bits per heavy atom. The number of methoxy groups -OCH3 is 4. The molecule has 0 radical (unpaired) electrons. The Morgan fingerprint density at radius 3 is 1.88 bits per heavy atom. The van der Waals surface area contributed by atoms with Gasteiger partial charge in [-0.1, -0.05) is 107 Å². The first-order valence-corrected chi connectivity index (χ1v) is 38.2. The van der Waals surface area contributed by atoms with Gasteiger partial charge >= 0.3 is 17.9 Å². The number of amides is 1. The molecule has 1 saturated carbocycles. The van der Waals surface area contributed by atoms with Gasteiger partial charge in [0.1, 0.15) is 35.5 Å². The van der Waals surface area contributed by atoms with E-state index < -0.39 is 102 Å². The number of allylic oxidation sites excluding steroid dienone is 7. The van der Waals surface area contributed by atoms with Crippen molar-refractivity contribution in [3.8, 4) is 11.5 Å². The second kappa shape index (κ2) is 38.5. The maximum absolute atomic E-state index is 15.2. The Bertz CT molecular complexity index is 3560. The summed E-state index contributed by atoms with van der Waals surface area (Å²) in [5.74, 6) is -9.39. The van der Waals surface area contributed by atoms with Gasteiger partial charge in [0.25, 0.3) is 11.7 Å². The highest BCUT2D eigenvalue weighted by Crippen LogP contribution is 2.43. The number of fused-ring (bicyclic) bond motifs is 3. The maximum Gasteiger partial charge on any atom is 0.338 e. The lowest BCUT2D eigenvalue weighted by molar-refractivity contribution is -0.264. The van der Waals surface area contributed by atoms with Gasteiger partial charge in [0.15, 0.2) is 18.0 Å². The average Bonchev–Trinajstić information content (AvgIpc) is 0.787. The number of hydrogen-bond donors (Lipinski definition) is 1. The fraction of sp³-hybridized carbons (Fsp3) is 0.607. The Labute approximate surface area is 622 Å². The predicted molar refractivity (Wildman–Crippen MR) is 401 cm³/mol. The van der Waals surface area contributed by atoms with E-state index in [4.69, 9.17) is 37.9 Å². The molecule has 6 aliphatic rings. The van der Waals surface area contributed by atoms with Crippen molar-refractivity contribution in [1.29, 1.82) is 0 Å². The number of ether oxygens (including phenoxy) is 8. The number of piperazine rings is 2. The summed E-state index contributed by atoms with van der Waals surface area (Å²) in [5, 5.41) is 12.6. The van der Waals surface area contributed by atoms with Gasteiger partial charge in [-0.15, -0.1) is 0 Å². The van der Waals surface area contributed by atoms with Crippen molar-refractivity contribution in [2.24, 2.45) is 35.5 Å². The second-order valence-corrected chi connectivity index (χ2v) is 30.8. The van der Waals surface area contributed by atoms with Crippen molar-refractivity contribution >= 4 is 41.2 Å². The highest BCUT2D eigenvalue weighted by molar-refractivity contribution is 6.39. The van der Waals surface area contributed by atoms with Gasteiger partial charge in [-0.3, -0.25) is 29.0 Å². The molecule has 5 aliphatic heterocycles. The minimum absolute atomic E-state index is 0.0234. The van der Waals surface area contributed by atoms with E-state index in [1.165, 1.54) is 12.0 Å². The third-order valence-corrected chi connectivity index (χ3v) is 22.9. The summed E-state index contributed by atoms with van der Waals surface area (Å²) < 4.78 is 49.4. The van der Waals surface area contributed by atoms with Gasteiger partial charge in [-0.2, -0.15) is 0 Å². The van der Waals surface area contributed by atoms with E-state index in [1.54, 1.807) is 66.4 Å². The lowest BCUT2D eigenvalue weighted by Gasteiger charge is -2.43. The van der Waals surface area contributed by atoms with Crippen molar-refractivity contribution < 1.29 is 76.6 Å². The predicted octanol–water partition coefficient (Wildman–Crippen LogP) is 11.2. The van der Waals surface area contributed by atoms with Gasteiger partial charge in [0.2, 0.25) is 5.79 Å². The van der Waals surface area contributed by atoms with Crippen LogP contribution in [0.5, 0.6) is 11.5 Å². The Hall–Kier alpha value is -7.21. The van der Waals surface area contributed by atoms with E-state index in [2.05, 4.69) is 33.7 Å². The standard InChI is InChI=1S/C84H117N5O16/c1-54-19-15-14-16-20-55(2)69(68-34-33-66(98-10)50-74(68)99-11)49-67-32-22-60(7)84(97,105-67)79(92)80(93)89-36-18-17-21-70(89)83(96)103-73(57(4)47-63-27-35-72(75(48-63)100-12)102-81(94)64-28-23-61(24-29-64)52-87-41-37-85(8)38-42-87)51-71(90)56(3)46-59(6)77(78(101-13)76(91)58(5)45-54)104-82(95)65-30-25-62(26-31-65)53-88-43-39-86(9)40-44-88/h14-16,19-20,23-26,28-31,33-34,46,50,54,56-58,60,63,67,69-70,72-73,75,77-78,97H,17-18,21-22,27,32,35-45,47-49,51-53H2,1-13H3/b16-14+,19-15+,55-20+,59-46+/t54-,56-,57-,58-,60-,63+,67+,69+,70+,72-,73+,75-,77-,78+,84?/m1/s1. The molecule has 21 heteroatoms. The molecule has 3 aromatic carbocycles. The summed E-state index contributed by atoms with van der Waals surface area (Å²) in [6.07, 6.45) is 10.6. The Balaban J connectivity index is 1.01. The SMILES string of the molecule is COc1ccc([C@H]2C[C@@H]3CC[C@@H](C)C(O)(O3)C(=O)C(=O)N3CCCC[C@H]3C(=O)O[C@H]([C@H](C)C[C@@H]3CC[C@@H](OC(=O)c4ccc(CN5CCN(C)CC5)cc4)[C@H](OC)C3)CC(=O)[C@H](C)/C=C(\C)[C@@H](OC(=O)c3ccc(CN4CCN(C)CC4)cc3)[C@@H](OC)C(=O)[C@H](C)C[C@H](C)/C=C/C=C/C=C/2C)c(OC)c1. The van der Waals surface area contributed by atoms with E-state index in [1.807, 2.05) is 107 Å². The van der Waals surface area contributed by atoms with E-state index >= 15 is 9.59 Å². The van der Waals surface area contributed by atoms with Gasteiger partial charge in [0.05, 0.1) is 37.6 Å². The quantitative estimate of drug-likeness (QED) is 0.0608. The largest absolute Gasteiger partial charge is 0.497 e. The number of piperidine rings is 1. The van der Waals surface area contributed by atoms with Crippen LogP contribution < -0.4 is 9.47 Å². The number of esters is 3. The van der Waals surface area contributed by atoms with Crippen LogP contribution in [0.2, 0.25) is 0 Å². The van der Waals surface area contributed by atoms with Crippen LogP contribution in [0.15, 0.2) is 114 Å². The Kier molecular flexibility index (Phi) is 30.1. The van der Waals surface area contributed by atoms with Gasteiger partial charge in [-0.05, 0) is 163 Å². The summed E-state index contributed by atoms with van der Waals surface area (Å²) in [6.45, 7) is 22.2. The molecule has 0 spiro atoms. The summed E-state index contributed by atoms with van der Waals surface area (Å²) in [4.78, 5) is 114. The van der Waals surface area contributed by atoms with Crippen LogP contribution in [0.4, 0.5) is 0 Å². The van der Waals surface area contributed by atoms with Crippen molar-refractivity contribution in [3.63, 3.8) is 0 Å². The zero-order chi connectivity index (χ0) is 75.6. The number of likely N-dealkylation sites (N-methyl/N-ethyl adjacent to an activating group) is 2. The van der Waals surface area contributed by atoms with Crippen molar-refractivity contribution in [3.05, 3.63) is 142 Å². The number of nitrogens with zero attached hydrogens (tertiary/aromatic N) is 5. The summed E-state index contributed by atoms with van der Waals surface area (Å²) >= 11 is 0. The molecule has 9 rings (SSSR count). The van der Waals surface area contributed by atoms with E-state index in [9.17, 15) is 29.1 Å². The van der Waals surface area contributed by atoms with E-state index in [0.717, 1.165) is 87.7 Å². The van der Waals surface area contributed by atoms with E-state index in [0.29, 0.717) is 86.8 Å². The third-order valence-electron chi connectivity index (χ3n) is 22.9. The topological polar surface area (TPSA) is 230 Å². The lowest BCUT2D eigenvalue weighted by atomic mass is 9.78. The lowest BCUT2D eigenvalue weighted by Crippen LogP contribution is -2.60. The zero-order valence-electron chi connectivity index (χ0n) is 64.5. The van der Waals surface area contributed by atoms with Crippen molar-refractivity contribution in [2.75, 3.05) is 101 Å². The number of ketones is 3. The number of carbonyl (C=O) groups is 7. The molecular formula is C84H117N5O16. The molecule has 5 heterocycles. The maximum atomic E-state index is 15.2. The molecule has 1 unspecified atom stereocenters. The fourth-order valence-electron chi connectivity index (χ4n) is 16.0. The highest BCUT2D eigenvalue weighted by atomic mass is 16.6. The first-order valence-electron chi connectivity index (χ1n) is 38.2. The number of cyclic esters (lactones) is 1. The average molecular weight is 1450 g/mol. The number of aliphatic hydroxyl groups is 1. The van der Waals surface area contributed by atoms with Crippen LogP contribution in [0.1, 0.15) is 169 Å². The molecule has 21 nitrogen and oxygen atoms in total. The van der Waals surface area contributed by atoms with Crippen LogP contribution in [0.3, 0.4) is 0 Å². The molecule has 2 bridgehead atoms. The molecule has 1 amide bonds. The molecule has 0 aromatic heterocycles. The minimum atomic E-state index is -2.54. The van der Waals surface area contributed by atoms with Crippen LogP contribution in [-0.2, 0) is 65.5 Å². The first kappa shape index (κ1) is 81.9. The number of benzene rings is 3. The van der Waals surface area contributed by atoms with Gasteiger partial charge in [0, 0.05) is 128 Å². The molecule has 105 heavy (non-hydrogen) atoms. The molecule has 1 N–H and O–H groups in total. The summed E-state index contributed by atoms with van der Waals surface area (Å²) in [6, 6.07) is 19.2. The second-order valence-electron chi connectivity index (χ2n) is 30.8.